The van der Waals surface area contributed by atoms with Crippen molar-refractivity contribution in [3.05, 3.63) is 69.3 Å². The highest BCUT2D eigenvalue weighted by Gasteiger charge is 2.35. The van der Waals surface area contributed by atoms with Crippen molar-refractivity contribution in [2.75, 3.05) is 10.7 Å². The third-order valence-electron chi connectivity index (χ3n) is 3.85. The molecule has 1 heterocycles. The third-order valence-corrected chi connectivity index (χ3v) is 5.06. The summed E-state index contributed by atoms with van der Waals surface area (Å²) in [6.45, 7) is 3.98. The second kappa shape index (κ2) is 6.04. The molecule has 23 heavy (non-hydrogen) atoms. The first-order chi connectivity index (χ1) is 11.0. The molecule has 0 bridgehead atoms. The van der Waals surface area contributed by atoms with E-state index in [1.165, 1.54) is 17.8 Å². The number of carbonyl (C=O) groups excluding carboxylic acids is 1. The molecule has 0 aliphatic carbocycles. The van der Waals surface area contributed by atoms with Gasteiger partial charge in [-0.05, 0) is 31.0 Å². The van der Waals surface area contributed by atoms with E-state index in [-0.39, 0.29) is 17.0 Å². The molecule has 6 heteroatoms. The molecule has 2 aromatic rings. The van der Waals surface area contributed by atoms with Gasteiger partial charge in [-0.3, -0.25) is 19.8 Å². The second-order valence-corrected chi connectivity index (χ2v) is 6.64. The van der Waals surface area contributed by atoms with E-state index in [1.54, 1.807) is 17.0 Å². The second-order valence-electron chi connectivity index (χ2n) is 5.57. The lowest BCUT2D eigenvalue weighted by Gasteiger charge is -2.26. The zero-order chi connectivity index (χ0) is 16.6. The number of nitro groups is 1. The summed E-state index contributed by atoms with van der Waals surface area (Å²) in [7, 11) is 0. The molecule has 0 aromatic heterocycles. The first-order valence-corrected chi connectivity index (χ1v) is 8.27. The Labute approximate surface area is 138 Å². The maximum Gasteiger partial charge on any atom is 0.269 e. The van der Waals surface area contributed by atoms with Crippen LogP contribution in [-0.4, -0.2) is 16.6 Å². The number of carbonyl (C=O) groups is 1. The van der Waals surface area contributed by atoms with Gasteiger partial charge in [0.25, 0.3) is 5.69 Å². The lowest BCUT2D eigenvalue weighted by molar-refractivity contribution is -0.384. The number of amides is 1. The minimum absolute atomic E-state index is 0.0264. The average molecular weight is 328 g/mol. The molecule has 3 rings (SSSR count). The van der Waals surface area contributed by atoms with Crippen LogP contribution in [0.25, 0.3) is 0 Å². The van der Waals surface area contributed by atoms with Gasteiger partial charge >= 0.3 is 0 Å². The first kappa shape index (κ1) is 15.6. The molecule has 0 spiro atoms. The Bertz CT molecular complexity index is 791. The highest BCUT2D eigenvalue weighted by atomic mass is 32.2. The number of nitro benzene ring substituents is 1. The van der Waals surface area contributed by atoms with Gasteiger partial charge in [0.2, 0.25) is 5.91 Å². The van der Waals surface area contributed by atoms with Crippen LogP contribution in [0.1, 0.15) is 22.1 Å². The van der Waals surface area contributed by atoms with Gasteiger partial charge in [-0.2, -0.15) is 0 Å². The lowest BCUT2D eigenvalue weighted by atomic mass is 10.1. The third kappa shape index (κ3) is 2.94. The van der Waals surface area contributed by atoms with Crippen LogP contribution >= 0.6 is 11.8 Å². The van der Waals surface area contributed by atoms with Gasteiger partial charge in [0.05, 0.1) is 10.7 Å². The van der Waals surface area contributed by atoms with Gasteiger partial charge in [0, 0.05) is 17.8 Å². The zero-order valence-corrected chi connectivity index (χ0v) is 13.7. The molecule has 5 nitrogen and oxygen atoms in total. The molecular formula is C17H16N2O3S. The maximum atomic E-state index is 12.4. The van der Waals surface area contributed by atoms with E-state index in [2.05, 4.69) is 0 Å². The normalized spacial score (nSPS) is 17.6. The smallest absolute Gasteiger partial charge is 0.269 e. The molecule has 0 unspecified atom stereocenters. The molecule has 118 valence electrons. The number of rotatable bonds is 3. The van der Waals surface area contributed by atoms with Crippen LogP contribution in [-0.2, 0) is 4.79 Å². The molecule has 0 saturated carbocycles. The van der Waals surface area contributed by atoms with Gasteiger partial charge in [-0.15, -0.1) is 11.8 Å². The van der Waals surface area contributed by atoms with Crippen molar-refractivity contribution >= 4 is 29.0 Å². The minimum atomic E-state index is -0.410. The topological polar surface area (TPSA) is 63.5 Å². The summed E-state index contributed by atoms with van der Waals surface area (Å²) in [6.07, 6.45) is 0. The molecule has 1 aliphatic rings. The summed E-state index contributed by atoms with van der Waals surface area (Å²) in [6, 6.07) is 12.5. The van der Waals surface area contributed by atoms with Gasteiger partial charge in [0.1, 0.15) is 5.37 Å². The van der Waals surface area contributed by atoms with Crippen LogP contribution in [0, 0.1) is 24.0 Å². The molecular weight excluding hydrogens is 312 g/mol. The van der Waals surface area contributed by atoms with Crippen molar-refractivity contribution in [1.82, 2.24) is 0 Å². The van der Waals surface area contributed by atoms with Crippen LogP contribution in [0.3, 0.4) is 0 Å². The van der Waals surface area contributed by atoms with Crippen LogP contribution < -0.4 is 4.90 Å². The summed E-state index contributed by atoms with van der Waals surface area (Å²) in [5.74, 6) is 0.402. The van der Waals surface area contributed by atoms with E-state index in [4.69, 9.17) is 0 Å². The fraction of sp³-hybridized carbons (Fsp3) is 0.235. The maximum absolute atomic E-state index is 12.4. The van der Waals surface area contributed by atoms with Crippen LogP contribution in [0.5, 0.6) is 0 Å². The highest BCUT2D eigenvalue weighted by Crippen LogP contribution is 2.43. The Morgan fingerprint density at radius 3 is 2.70 bits per heavy atom. The monoisotopic (exact) mass is 328 g/mol. The Hall–Kier alpha value is -2.34. The van der Waals surface area contributed by atoms with Crippen molar-refractivity contribution < 1.29 is 9.72 Å². The summed E-state index contributed by atoms with van der Waals surface area (Å²) >= 11 is 1.49. The number of hydrogen-bond donors (Lipinski definition) is 0. The number of non-ortho nitro benzene ring substituents is 1. The number of nitrogens with zero attached hydrogens (tertiary/aromatic N) is 2. The fourth-order valence-electron chi connectivity index (χ4n) is 2.80. The quantitative estimate of drug-likeness (QED) is 0.631. The van der Waals surface area contributed by atoms with Crippen LogP contribution in [0.4, 0.5) is 11.4 Å². The van der Waals surface area contributed by atoms with Gasteiger partial charge < -0.3 is 0 Å². The van der Waals surface area contributed by atoms with E-state index in [9.17, 15) is 14.9 Å². The predicted molar refractivity (Wildman–Crippen MR) is 91.7 cm³/mol. The SMILES string of the molecule is Cc1ccc(N2C(=O)CS[C@H]2c2cccc([N+](=O)[O-])c2)c(C)c1. The van der Waals surface area contributed by atoms with Gasteiger partial charge in [0.15, 0.2) is 0 Å². The molecule has 0 radical (unpaired) electrons. The molecule has 1 saturated heterocycles. The zero-order valence-electron chi connectivity index (χ0n) is 12.9. The van der Waals surface area contributed by atoms with Crippen molar-refractivity contribution in [3.63, 3.8) is 0 Å². The Kier molecular flexibility index (Phi) is 4.09. The number of thioether (sulfide) groups is 1. The Morgan fingerprint density at radius 2 is 2.00 bits per heavy atom. The molecule has 1 fully saturated rings. The lowest BCUT2D eigenvalue weighted by Crippen LogP contribution is -2.28. The van der Waals surface area contributed by atoms with Crippen LogP contribution in [0.2, 0.25) is 0 Å². The van der Waals surface area contributed by atoms with Crippen molar-refractivity contribution in [2.45, 2.75) is 19.2 Å². The van der Waals surface area contributed by atoms with Gasteiger partial charge in [-0.1, -0.05) is 29.8 Å². The summed E-state index contributed by atoms with van der Waals surface area (Å²) < 4.78 is 0. The number of aryl methyl sites for hydroxylation is 2. The molecule has 2 aromatic carbocycles. The molecule has 0 N–H and O–H groups in total. The summed E-state index contributed by atoms with van der Waals surface area (Å²) in [5, 5.41) is 10.8. The number of benzene rings is 2. The molecule has 1 atom stereocenters. The highest BCUT2D eigenvalue weighted by molar-refractivity contribution is 8.00. The standard InChI is InChI=1S/C17H16N2O3S/c1-11-6-7-15(12(2)8-11)18-16(20)10-23-17(18)13-4-3-5-14(9-13)19(21)22/h3-9,17H,10H2,1-2H3/t17-/m0/s1. The van der Waals surface area contributed by atoms with E-state index >= 15 is 0 Å². The predicted octanol–water partition coefficient (Wildman–Crippen LogP) is 3.99. The molecule has 1 aliphatic heterocycles. The van der Waals surface area contributed by atoms with Crippen molar-refractivity contribution in [3.8, 4) is 0 Å². The summed E-state index contributed by atoms with van der Waals surface area (Å²) in [5.41, 5.74) is 3.84. The minimum Gasteiger partial charge on any atom is -0.295 e. The van der Waals surface area contributed by atoms with Gasteiger partial charge in [-0.25, -0.2) is 0 Å². The Morgan fingerprint density at radius 1 is 1.22 bits per heavy atom. The Balaban J connectivity index is 2.03. The molecule has 1 amide bonds. The van der Waals surface area contributed by atoms with E-state index in [0.717, 1.165) is 22.4 Å². The first-order valence-electron chi connectivity index (χ1n) is 7.22. The average Bonchev–Trinajstić information content (AvgIpc) is 2.89. The number of anilines is 1. The fourth-order valence-corrected chi connectivity index (χ4v) is 3.96. The van der Waals surface area contributed by atoms with Crippen molar-refractivity contribution in [1.29, 1.82) is 0 Å². The van der Waals surface area contributed by atoms with Crippen LogP contribution in [0.15, 0.2) is 42.5 Å². The number of hydrogen-bond acceptors (Lipinski definition) is 4. The largest absolute Gasteiger partial charge is 0.295 e. The van der Waals surface area contributed by atoms with E-state index < -0.39 is 4.92 Å². The summed E-state index contributed by atoms with van der Waals surface area (Å²) in [4.78, 5) is 24.7. The van der Waals surface area contributed by atoms with Crippen molar-refractivity contribution in [2.24, 2.45) is 0 Å². The van der Waals surface area contributed by atoms with E-state index in [1.807, 2.05) is 38.1 Å². The van der Waals surface area contributed by atoms with E-state index in [0.29, 0.717) is 5.75 Å².